The minimum atomic E-state index is 0.522. The van der Waals surface area contributed by atoms with Gasteiger partial charge in [-0.15, -0.1) is 0 Å². The van der Waals surface area contributed by atoms with Crippen molar-refractivity contribution in [2.45, 2.75) is 65.0 Å². The van der Waals surface area contributed by atoms with Gasteiger partial charge in [-0.25, -0.2) is 0 Å². The zero-order chi connectivity index (χ0) is 9.47. The first-order valence-electron chi connectivity index (χ1n) is 5.89. The highest BCUT2D eigenvalue weighted by atomic mass is 15.0. The zero-order valence-electron chi connectivity index (χ0n) is 9.27. The van der Waals surface area contributed by atoms with E-state index in [1.165, 1.54) is 32.1 Å². The Morgan fingerprint density at radius 3 is 2.54 bits per heavy atom. The number of rotatable bonds is 3. The molecule has 3 unspecified atom stereocenters. The van der Waals surface area contributed by atoms with E-state index in [-0.39, 0.29) is 0 Å². The summed E-state index contributed by atoms with van der Waals surface area (Å²) in [6.45, 7) is 7.18. The molecule has 1 N–H and O–H groups in total. The maximum absolute atomic E-state index is 3.82. The van der Waals surface area contributed by atoms with Crippen molar-refractivity contribution in [3.63, 3.8) is 0 Å². The molecule has 0 spiro atoms. The Kier molecular flexibility index (Phi) is 2.39. The molecule has 2 aliphatic rings. The quantitative estimate of drug-likeness (QED) is 0.706. The van der Waals surface area contributed by atoms with Crippen molar-refractivity contribution in [2.75, 3.05) is 0 Å². The second-order valence-electron chi connectivity index (χ2n) is 5.65. The molecule has 3 atom stereocenters. The summed E-state index contributed by atoms with van der Waals surface area (Å²) in [7, 11) is 0. The normalized spacial score (nSPS) is 38.5. The van der Waals surface area contributed by atoms with Crippen molar-refractivity contribution in [2.24, 2.45) is 11.3 Å². The molecule has 0 amide bonds. The average Bonchev–Trinajstić information content (AvgIpc) is 2.63. The van der Waals surface area contributed by atoms with Gasteiger partial charge in [0.25, 0.3) is 0 Å². The van der Waals surface area contributed by atoms with E-state index >= 15 is 0 Å². The SMILES string of the molecule is CCCC(C)(C)C1NC2CCC1C2. The molecule has 1 nitrogen and oxygen atoms in total. The van der Waals surface area contributed by atoms with Gasteiger partial charge in [0.2, 0.25) is 0 Å². The molecule has 0 radical (unpaired) electrons. The van der Waals surface area contributed by atoms with Gasteiger partial charge >= 0.3 is 0 Å². The summed E-state index contributed by atoms with van der Waals surface area (Å²) < 4.78 is 0. The smallest absolute Gasteiger partial charge is 0.0150 e. The van der Waals surface area contributed by atoms with Crippen molar-refractivity contribution < 1.29 is 0 Å². The summed E-state index contributed by atoms with van der Waals surface area (Å²) in [6, 6.07) is 1.68. The number of fused-ring (bicyclic) bond motifs is 2. The van der Waals surface area contributed by atoms with E-state index in [1.807, 2.05) is 0 Å². The minimum absolute atomic E-state index is 0.522. The van der Waals surface area contributed by atoms with Crippen LogP contribution < -0.4 is 5.32 Å². The lowest BCUT2D eigenvalue weighted by atomic mass is 9.75. The third-order valence-electron chi connectivity index (χ3n) is 4.10. The van der Waals surface area contributed by atoms with Crippen LogP contribution >= 0.6 is 0 Å². The van der Waals surface area contributed by atoms with Gasteiger partial charge in [-0.2, -0.15) is 0 Å². The molecule has 0 aromatic carbocycles. The molecule has 1 saturated carbocycles. The monoisotopic (exact) mass is 181 g/mol. The van der Waals surface area contributed by atoms with Gasteiger partial charge in [0.1, 0.15) is 0 Å². The summed E-state index contributed by atoms with van der Waals surface area (Å²) in [5.74, 6) is 0.992. The van der Waals surface area contributed by atoms with Crippen LogP contribution in [0.2, 0.25) is 0 Å². The average molecular weight is 181 g/mol. The lowest BCUT2D eigenvalue weighted by Gasteiger charge is -2.37. The Morgan fingerprint density at radius 1 is 1.31 bits per heavy atom. The van der Waals surface area contributed by atoms with E-state index in [0.717, 1.165) is 18.0 Å². The molecule has 2 bridgehead atoms. The van der Waals surface area contributed by atoms with E-state index in [0.29, 0.717) is 5.41 Å². The second-order valence-corrected chi connectivity index (χ2v) is 5.65. The van der Waals surface area contributed by atoms with Gasteiger partial charge in [0.05, 0.1) is 0 Å². The van der Waals surface area contributed by atoms with Crippen LogP contribution in [-0.2, 0) is 0 Å². The molecular formula is C12H23N. The molecule has 1 saturated heterocycles. The first-order chi connectivity index (χ1) is 6.13. The van der Waals surface area contributed by atoms with Crippen molar-refractivity contribution in [3.05, 3.63) is 0 Å². The molecule has 1 aliphatic carbocycles. The van der Waals surface area contributed by atoms with E-state index in [9.17, 15) is 0 Å². The molecule has 1 heteroatoms. The number of hydrogen-bond acceptors (Lipinski definition) is 1. The molecule has 0 aromatic rings. The molecule has 2 fully saturated rings. The first kappa shape index (κ1) is 9.51. The van der Waals surface area contributed by atoms with Gasteiger partial charge < -0.3 is 5.32 Å². The summed E-state index contributed by atoms with van der Waals surface area (Å²) in [5, 5.41) is 3.82. The van der Waals surface area contributed by atoms with Crippen LogP contribution in [-0.4, -0.2) is 12.1 Å². The van der Waals surface area contributed by atoms with Crippen LogP contribution in [0, 0.1) is 11.3 Å². The Bertz CT molecular complexity index is 186. The van der Waals surface area contributed by atoms with E-state index in [1.54, 1.807) is 0 Å². The van der Waals surface area contributed by atoms with Crippen molar-refractivity contribution in [1.29, 1.82) is 0 Å². The molecule has 2 rings (SSSR count). The third-order valence-corrected chi connectivity index (χ3v) is 4.10. The summed E-state index contributed by atoms with van der Waals surface area (Å²) in [5.41, 5.74) is 0.522. The second kappa shape index (κ2) is 3.27. The Labute approximate surface area is 82.3 Å². The predicted molar refractivity (Wildman–Crippen MR) is 56.7 cm³/mol. The lowest BCUT2D eigenvalue weighted by Crippen LogP contribution is -2.45. The van der Waals surface area contributed by atoms with Crippen LogP contribution in [0.1, 0.15) is 52.9 Å². The Morgan fingerprint density at radius 2 is 2.08 bits per heavy atom. The van der Waals surface area contributed by atoms with Gasteiger partial charge in [0, 0.05) is 12.1 Å². The fourth-order valence-electron chi connectivity index (χ4n) is 3.52. The predicted octanol–water partition coefficient (Wildman–Crippen LogP) is 2.95. The summed E-state index contributed by atoms with van der Waals surface area (Å²) in [4.78, 5) is 0. The topological polar surface area (TPSA) is 12.0 Å². The standard InChI is InChI=1S/C12H23N/c1-4-7-12(2,3)11-9-5-6-10(8-9)13-11/h9-11,13H,4-8H2,1-3H3. The molecular weight excluding hydrogens is 158 g/mol. The van der Waals surface area contributed by atoms with E-state index < -0.39 is 0 Å². The van der Waals surface area contributed by atoms with Crippen LogP contribution in [0.4, 0.5) is 0 Å². The zero-order valence-corrected chi connectivity index (χ0v) is 9.27. The molecule has 1 heterocycles. The lowest BCUT2D eigenvalue weighted by molar-refractivity contribution is 0.175. The fraction of sp³-hybridized carbons (Fsp3) is 1.00. The van der Waals surface area contributed by atoms with Gasteiger partial charge in [-0.1, -0.05) is 27.2 Å². The van der Waals surface area contributed by atoms with E-state index in [2.05, 4.69) is 26.1 Å². The number of piperidine rings is 1. The van der Waals surface area contributed by atoms with Crippen LogP contribution in [0.3, 0.4) is 0 Å². The Balaban J connectivity index is 2.01. The molecule has 13 heavy (non-hydrogen) atoms. The minimum Gasteiger partial charge on any atom is -0.310 e. The van der Waals surface area contributed by atoms with Crippen molar-refractivity contribution in [3.8, 4) is 0 Å². The highest BCUT2D eigenvalue weighted by Crippen LogP contribution is 2.44. The molecule has 0 aromatic heterocycles. The van der Waals surface area contributed by atoms with Crippen LogP contribution in [0.25, 0.3) is 0 Å². The van der Waals surface area contributed by atoms with Crippen LogP contribution in [0.5, 0.6) is 0 Å². The van der Waals surface area contributed by atoms with Gasteiger partial charge in [-0.3, -0.25) is 0 Å². The first-order valence-corrected chi connectivity index (χ1v) is 5.89. The van der Waals surface area contributed by atoms with Gasteiger partial charge in [0.15, 0.2) is 0 Å². The van der Waals surface area contributed by atoms with Crippen molar-refractivity contribution >= 4 is 0 Å². The van der Waals surface area contributed by atoms with Gasteiger partial charge in [-0.05, 0) is 37.0 Å². The third kappa shape index (κ3) is 1.63. The summed E-state index contributed by atoms with van der Waals surface area (Å²) >= 11 is 0. The van der Waals surface area contributed by atoms with Crippen molar-refractivity contribution in [1.82, 2.24) is 5.32 Å². The molecule has 1 aliphatic heterocycles. The highest BCUT2D eigenvalue weighted by Gasteiger charge is 2.45. The number of nitrogens with one attached hydrogen (secondary N) is 1. The Hall–Kier alpha value is -0.0400. The maximum atomic E-state index is 3.82. The summed E-state index contributed by atoms with van der Waals surface area (Å²) in [6.07, 6.45) is 7.06. The number of hydrogen-bond donors (Lipinski definition) is 1. The van der Waals surface area contributed by atoms with E-state index in [4.69, 9.17) is 0 Å². The largest absolute Gasteiger partial charge is 0.310 e. The van der Waals surface area contributed by atoms with Crippen LogP contribution in [0.15, 0.2) is 0 Å². The molecule has 76 valence electrons. The maximum Gasteiger partial charge on any atom is 0.0150 e. The highest BCUT2D eigenvalue weighted by molar-refractivity contribution is 5.02. The fourth-order valence-corrected chi connectivity index (χ4v) is 3.52.